The van der Waals surface area contributed by atoms with Gasteiger partial charge in [-0.05, 0) is 25.0 Å². The highest BCUT2D eigenvalue weighted by Gasteiger charge is 2.38. The maximum absolute atomic E-state index is 12.9. The average molecular weight is 514 g/mol. The van der Waals surface area contributed by atoms with Crippen LogP contribution in [0.4, 0.5) is 13.2 Å². The predicted octanol–water partition coefficient (Wildman–Crippen LogP) is 3.74. The molecule has 1 aromatic heterocycles. The van der Waals surface area contributed by atoms with Crippen molar-refractivity contribution < 1.29 is 27.8 Å². The number of aromatic amines is 1. The third-order valence-corrected chi connectivity index (χ3v) is 6.54. The first-order valence-corrected chi connectivity index (χ1v) is 11.2. The van der Waals surface area contributed by atoms with Gasteiger partial charge in [-0.1, -0.05) is 34.5 Å². The van der Waals surface area contributed by atoms with Gasteiger partial charge in [0.05, 0.1) is 10.0 Å². The Kier molecular flexibility index (Phi) is 8.10. The van der Waals surface area contributed by atoms with E-state index in [9.17, 15) is 27.9 Å². The number of piperidine rings is 1. The summed E-state index contributed by atoms with van der Waals surface area (Å²) < 4.78 is 44.6. The molecule has 1 amide bonds. The summed E-state index contributed by atoms with van der Waals surface area (Å²) >= 11 is 12.1. The van der Waals surface area contributed by atoms with Crippen LogP contribution in [-0.4, -0.2) is 52.9 Å². The summed E-state index contributed by atoms with van der Waals surface area (Å²) in [5, 5.41) is 13.5. The van der Waals surface area contributed by atoms with Crippen molar-refractivity contribution in [3.8, 4) is 5.75 Å². The fraction of sp³-hybridized carbons (Fsp3) is 0.474. The molecule has 1 aliphatic rings. The van der Waals surface area contributed by atoms with Gasteiger partial charge in [0.15, 0.2) is 0 Å². The van der Waals surface area contributed by atoms with Crippen LogP contribution >= 0.6 is 34.5 Å². The molecule has 2 aromatic rings. The van der Waals surface area contributed by atoms with Crippen LogP contribution in [-0.2, 0) is 6.18 Å². The highest BCUT2D eigenvalue weighted by Crippen LogP contribution is 2.31. The summed E-state index contributed by atoms with van der Waals surface area (Å²) in [7, 11) is 0. The number of hydrogen-bond donors (Lipinski definition) is 3. The zero-order valence-electron chi connectivity index (χ0n) is 16.5. The summed E-state index contributed by atoms with van der Waals surface area (Å²) in [6.07, 6.45) is -4.37. The van der Waals surface area contributed by atoms with Crippen molar-refractivity contribution in [3.63, 3.8) is 0 Å². The first-order chi connectivity index (χ1) is 15.0. The molecule has 1 aliphatic heterocycles. The number of alkyl halides is 3. The maximum Gasteiger partial charge on any atom is 0.432 e. The number of H-pyrrole nitrogens is 1. The molecule has 0 aliphatic carbocycles. The van der Waals surface area contributed by atoms with Crippen molar-refractivity contribution in [2.45, 2.75) is 37.8 Å². The van der Waals surface area contributed by atoms with Gasteiger partial charge in [-0.15, -0.1) is 0 Å². The number of hydrogen-bond acceptors (Lipinski definition) is 6. The Balaban J connectivity index is 1.43. The summed E-state index contributed by atoms with van der Waals surface area (Å²) in [6.45, 7) is 1.03. The highest BCUT2D eigenvalue weighted by atomic mass is 35.5. The van der Waals surface area contributed by atoms with Crippen LogP contribution in [0, 0.1) is 0 Å². The second-order valence-electron chi connectivity index (χ2n) is 7.17. The minimum absolute atomic E-state index is 0.0525. The van der Waals surface area contributed by atoms with Gasteiger partial charge in [0.1, 0.15) is 28.7 Å². The number of aliphatic hydroxyl groups is 1. The Hall–Kier alpha value is -1.79. The fourth-order valence-electron chi connectivity index (χ4n) is 3.30. The molecule has 1 atom stereocenters. The first-order valence-electron chi connectivity index (χ1n) is 9.67. The fourth-order valence-corrected chi connectivity index (χ4v) is 4.36. The molecule has 0 radical (unpaired) electrons. The molecule has 176 valence electrons. The number of aliphatic hydroxyl groups excluding tert-OH is 1. The first kappa shape index (κ1) is 24.8. The number of aromatic nitrogens is 1. The smallest absolute Gasteiger partial charge is 0.432 e. The van der Waals surface area contributed by atoms with Gasteiger partial charge in [0.2, 0.25) is 0 Å². The number of ether oxygens (including phenoxy) is 1. The van der Waals surface area contributed by atoms with Gasteiger partial charge >= 0.3 is 11.0 Å². The van der Waals surface area contributed by atoms with E-state index in [4.69, 9.17) is 27.9 Å². The largest absolute Gasteiger partial charge is 0.490 e. The number of rotatable bonds is 7. The standard InChI is InChI=1S/C19H20Cl2F3N3O4S/c20-12-2-1-11(9-13(12)21)31-10-4-7-27(8-5-10)14(28)3-6-25-17(29)15-16(19(22,23)24)26-18(30)32-15/h1-2,9-10,14,28H,3-8H2,(H,25,29)(H,26,30). The van der Waals surface area contributed by atoms with E-state index in [0.717, 1.165) is 0 Å². The Bertz CT molecular complexity index is 1010. The van der Waals surface area contributed by atoms with E-state index in [2.05, 4.69) is 5.32 Å². The van der Waals surface area contributed by atoms with Gasteiger partial charge in [-0.3, -0.25) is 14.5 Å². The average Bonchev–Trinajstić information content (AvgIpc) is 3.13. The molecule has 1 fully saturated rings. The molecule has 1 saturated heterocycles. The third kappa shape index (κ3) is 6.38. The lowest BCUT2D eigenvalue weighted by atomic mass is 10.1. The predicted molar refractivity (Wildman–Crippen MR) is 115 cm³/mol. The van der Waals surface area contributed by atoms with E-state index < -0.39 is 33.8 Å². The normalized spacial score (nSPS) is 16.7. The van der Waals surface area contributed by atoms with Gasteiger partial charge in [0.25, 0.3) is 5.91 Å². The molecule has 13 heteroatoms. The molecule has 3 N–H and O–H groups in total. The SMILES string of the molecule is O=C(NCCC(O)N1CCC(Oc2ccc(Cl)c(Cl)c2)CC1)c1sc(=O)[nH]c1C(F)(F)F. The Morgan fingerprint density at radius 1 is 1.31 bits per heavy atom. The molecule has 0 spiro atoms. The van der Waals surface area contributed by atoms with Gasteiger partial charge < -0.3 is 20.1 Å². The number of nitrogens with one attached hydrogen (secondary N) is 2. The summed E-state index contributed by atoms with van der Waals surface area (Å²) in [5.74, 6) is -0.409. The molecule has 1 unspecified atom stereocenters. The quantitative estimate of drug-likeness (QED) is 0.524. The van der Waals surface area contributed by atoms with Crippen molar-refractivity contribution in [3.05, 3.63) is 48.5 Å². The minimum Gasteiger partial charge on any atom is -0.490 e. The minimum atomic E-state index is -4.84. The number of thiazole rings is 1. The number of carbonyl (C=O) groups is 1. The lowest BCUT2D eigenvalue weighted by Gasteiger charge is -2.35. The van der Waals surface area contributed by atoms with Crippen LogP contribution < -0.4 is 14.9 Å². The summed E-state index contributed by atoms with van der Waals surface area (Å²) in [6, 6.07) is 5.01. The van der Waals surface area contributed by atoms with Gasteiger partial charge in [0, 0.05) is 32.1 Å². The lowest BCUT2D eigenvalue weighted by Crippen LogP contribution is -2.45. The topological polar surface area (TPSA) is 94.7 Å². The Morgan fingerprint density at radius 3 is 2.62 bits per heavy atom. The van der Waals surface area contributed by atoms with Crippen LogP contribution in [0.5, 0.6) is 5.75 Å². The monoisotopic (exact) mass is 513 g/mol. The lowest BCUT2D eigenvalue weighted by molar-refractivity contribution is -0.141. The number of halogens is 5. The van der Waals surface area contributed by atoms with Gasteiger partial charge in [-0.25, -0.2) is 0 Å². The second kappa shape index (κ2) is 10.4. The zero-order chi connectivity index (χ0) is 23.5. The summed E-state index contributed by atoms with van der Waals surface area (Å²) in [5.41, 5.74) is -1.37. The molecule has 2 heterocycles. The molecule has 3 rings (SSSR count). The van der Waals surface area contributed by atoms with Crippen molar-refractivity contribution in [1.82, 2.24) is 15.2 Å². The van der Waals surface area contributed by atoms with Crippen molar-refractivity contribution in [1.29, 1.82) is 0 Å². The van der Waals surface area contributed by atoms with E-state index in [0.29, 0.717) is 41.7 Å². The van der Waals surface area contributed by atoms with E-state index in [1.807, 2.05) is 0 Å². The number of carbonyl (C=O) groups excluding carboxylic acids is 1. The molecule has 1 aromatic carbocycles. The van der Waals surface area contributed by atoms with Crippen molar-refractivity contribution in [2.75, 3.05) is 19.6 Å². The van der Waals surface area contributed by atoms with Gasteiger partial charge in [-0.2, -0.15) is 13.2 Å². The van der Waals surface area contributed by atoms with Crippen molar-refractivity contribution in [2.24, 2.45) is 0 Å². The number of benzene rings is 1. The molecule has 0 bridgehead atoms. The van der Waals surface area contributed by atoms with E-state index in [1.165, 1.54) is 0 Å². The third-order valence-electron chi connectivity index (χ3n) is 4.92. The number of nitrogens with zero attached hydrogens (tertiary/aromatic N) is 1. The van der Waals surface area contributed by atoms with Crippen LogP contribution in [0.15, 0.2) is 23.0 Å². The maximum atomic E-state index is 12.9. The van der Waals surface area contributed by atoms with Crippen LogP contribution in [0.1, 0.15) is 34.6 Å². The van der Waals surface area contributed by atoms with E-state index >= 15 is 0 Å². The summed E-state index contributed by atoms with van der Waals surface area (Å²) in [4.78, 5) is 25.0. The second-order valence-corrected chi connectivity index (χ2v) is 8.97. The van der Waals surface area contributed by atoms with Crippen molar-refractivity contribution >= 4 is 40.4 Å². The Labute approximate surface area is 195 Å². The zero-order valence-corrected chi connectivity index (χ0v) is 18.9. The molecular weight excluding hydrogens is 494 g/mol. The number of likely N-dealkylation sites (tertiary alicyclic amines) is 1. The van der Waals surface area contributed by atoms with E-state index in [-0.39, 0.29) is 30.4 Å². The van der Waals surface area contributed by atoms with Crippen LogP contribution in [0.2, 0.25) is 10.0 Å². The van der Waals surface area contributed by atoms with Crippen LogP contribution in [0.3, 0.4) is 0 Å². The number of amides is 1. The van der Waals surface area contributed by atoms with Crippen LogP contribution in [0.25, 0.3) is 0 Å². The Morgan fingerprint density at radius 2 is 2.00 bits per heavy atom. The molecule has 32 heavy (non-hydrogen) atoms. The molecular formula is C19H20Cl2F3N3O4S. The van der Waals surface area contributed by atoms with E-state index in [1.54, 1.807) is 28.1 Å². The highest BCUT2D eigenvalue weighted by molar-refractivity contribution is 7.11. The molecule has 0 saturated carbocycles. The molecule has 7 nitrogen and oxygen atoms in total.